The third kappa shape index (κ3) is 3.96. The number of pyridine rings is 1. The molecule has 0 aliphatic rings. The van der Waals surface area contributed by atoms with Gasteiger partial charge in [-0.2, -0.15) is 0 Å². The van der Waals surface area contributed by atoms with E-state index < -0.39 is 11.8 Å². The molecule has 0 saturated heterocycles. The van der Waals surface area contributed by atoms with E-state index >= 15 is 0 Å². The van der Waals surface area contributed by atoms with Crippen molar-refractivity contribution < 1.29 is 9.59 Å². The predicted molar refractivity (Wildman–Crippen MR) is 63.7 cm³/mol. The summed E-state index contributed by atoms with van der Waals surface area (Å²) in [6, 6.07) is 5.36. The monoisotopic (exact) mass is 235 g/mol. The van der Waals surface area contributed by atoms with Gasteiger partial charge in [0.25, 0.3) is 0 Å². The standard InChI is InChI=1S/C12H17N3O2/c1-2-5-10(12(17)15-13)11(16)8-9-6-3-4-7-14-9/h3-4,6-7,10H,2,5,8,13H2,1H3,(H,15,17). The summed E-state index contributed by atoms with van der Waals surface area (Å²) in [5.74, 6) is 3.82. The molecular weight excluding hydrogens is 218 g/mol. The highest BCUT2D eigenvalue weighted by atomic mass is 16.2. The molecule has 1 aromatic heterocycles. The van der Waals surface area contributed by atoms with Crippen molar-refractivity contribution >= 4 is 11.7 Å². The van der Waals surface area contributed by atoms with Crippen LogP contribution in [0.25, 0.3) is 0 Å². The molecule has 0 aromatic carbocycles. The van der Waals surface area contributed by atoms with Gasteiger partial charge in [-0.05, 0) is 18.6 Å². The Morgan fingerprint density at radius 3 is 2.76 bits per heavy atom. The zero-order valence-corrected chi connectivity index (χ0v) is 9.85. The normalized spacial score (nSPS) is 11.9. The number of nitrogens with one attached hydrogen (secondary N) is 1. The fourth-order valence-corrected chi connectivity index (χ4v) is 1.63. The molecule has 1 atom stereocenters. The predicted octanol–water partition coefficient (Wildman–Crippen LogP) is 0.599. The van der Waals surface area contributed by atoms with Crippen molar-refractivity contribution in [3.63, 3.8) is 0 Å². The number of Topliss-reactive ketones (excluding diaryl/α,β-unsaturated/α-hetero) is 1. The van der Waals surface area contributed by atoms with E-state index in [9.17, 15) is 9.59 Å². The first kappa shape index (κ1) is 13.3. The molecule has 1 amide bonds. The number of aromatic nitrogens is 1. The Morgan fingerprint density at radius 2 is 2.24 bits per heavy atom. The first-order valence-corrected chi connectivity index (χ1v) is 5.62. The van der Waals surface area contributed by atoms with E-state index in [1.807, 2.05) is 18.4 Å². The maximum atomic E-state index is 11.9. The minimum absolute atomic E-state index is 0.145. The zero-order chi connectivity index (χ0) is 12.7. The number of hydrogen-bond donors (Lipinski definition) is 2. The minimum atomic E-state index is -0.674. The summed E-state index contributed by atoms with van der Waals surface area (Å²) in [6.45, 7) is 1.92. The summed E-state index contributed by atoms with van der Waals surface area (Å²) in [6.07, 6.45) is 3.06. The summed E-state index contributed by atoms with van der Waals surface area (Å²) in [7, 11) is 0. The summed E-state index contributed by atoms with van der Waals surface area (Å²) in [5, 5.41) is 0. The van der Waals surface area contributed by atoms with Crippen molar-refractivity contribution in [3.8, 4) is 0 Å². The van der Waals surface area contributed by atoms with Crippen LogP contribution >= 0.6 is 0 Å². The number of rotatable bonds is 6. The summed E-state index contributed by atoms with van der Waals surface area (Å²) in [4.78, 5) is 27.5. The lowest BCUT2D eigenvalue weighted by molar-refractivity contribution is -0.134. The number of ketones is 1. The van der Waals surface area contributed by atoms with Gasteiger partial charge < -0.3 is 0 Å². The second kappa shape index (κ2) is 6.75. The van der Waals surface area contributed by atoms with Crippen LogP contribution in [0, 0.1) is 5.92 Å². The van der Waals surface area contributed by atoms with E-state index in [2.05, 4.69) is 4.98 Å². The highest BCUT2D eigenvalue weighted by molar-refractivity contribution is 6.01. The van der Waals surface area contributed by atoms with Gasteiger partial charge in [0.05, 0.1) is 5.92 Å². The largest absolute Gasteiger partial charge is 0.298 e. The summed E-state index contributed by atoms with van der Waals surface area (Å²) in [5.41, 5.74) is 2.71. The number of hydrazine groups is 1. The van der Waals surface area contributed by atoms with Crippen molar-refractivity contribution in [1.82, 2.24) is 10.4 Å². The lowest BCUT2D eigenvalue weighted by Crippen LogP contribution is -2.40. The van der Waals surface area contributed by atoms with Crippen LogP contribution in [0.3, 0.4) is 0 Å². The van der Waals surface area contributed by atoms with Gasteiger partial charge in [0.1, 0.15) is 0 Å². The first-order chi connectivity index (χ1) is 8.19. The van der Waals surface area contributed by atoms with Crippen LogP contribution in [-0.2, 0) is 16.0 Å². The van der Waals surface area contributed by atoms with Crippen LogP contribution in [0.15, 0.2) is 24.4 Å². The molecule has 0 aliphatic carbocycles. The third-order valence-electron chi connectivity index (χ3n) is 2.51. The zero-order valence-electron chi connectivity index (χ0n) is 9.85. The van der Waals surface area contributed by atoms with Crippen LogP contribution in [0.1, 0.15) is 25.5 Å². The number of hydrogen-bond acceptors (Lipinski definition) is 4. The summed E-state index contributed by atoms with van der Waals surface area (Å²) >= 11 is 0. The molecule has 3 N–H and O–H groups in total. The van der Waals surface area contributed by atoms with Crippen molar-refractivity contribution in [1.29, 1.82) is 0 Å². The lowest BCUT2D eigenvalue weighted by atomic mass is 9.94. The Kier molecular flexibility index (Phi) is 5.29. The molecule has 1 rings (SSSR count). The van der Waals surface area contributed by atoms with Gasteiger partial charge in [-0.25, -0.2) is 5.84 Å². The minimum Gasteiger partial charge on any atom is -0.298 e. The molecule has 0 fully saturated rings. The molecule has 0 spiro atoms. The number of nitrogens with two attached hydrogens (primary N) is 1. The van der Waals surface area contributed by atoms with Crippen LogP contribution in [0.4, 0.5) is 0 Å². The van der Waals surface area contributed by atoms with E-state index in [4.69, 9.17) is 5.84 Å². The number of amides is 1. The summed E-state index contributed by atoms with van der Waals surface area (Å²) < 4.78 is 0. The molecule has 1 unspecified atom stereocenters. The Labute approximate surface area is 100 Å². The quantitative estimate of drug-likeness (QED) is 0.327. The van der Waals surface area contributed by atoms with Gasteiger partial charge in [-0.1, -0.05) is 19.4 Å². The highest BCUT2D eigenvalue weighted by Crippen LogP contribution is 2.11. The molecule has 0 saturated carbocycles. The smallest absolute Gasteiger partial charge is 0.244 e. The van der Waals surface area contributed by atoms with Gasteiger partial charge in [-0.3, -0.25) is 20.0 Å². The molecule has 5 heteroatoms. The maximum Gasteiger partial charge on any atom is 0.244 e. The van der Waals surface area contributed by atoms with Crippen molar-refractivity contribution in [3.05, 3.63) is 30.1 Å². The Balaban J connectivity index is 2.69. The maximum absolute atomic E-state index is 11.9. The Morgan fingerprint density at radius 1 is 1.47 bits per heavy atom. The van der Waals surface area contributed by atoms with Crippen LogP contribution in [-0.4, -0.2) is 16.7 Å². The van der Waals surface area contributed by atoms with Gasteiger partial charge >= 0.3 is 0 Å². The average Bonchev–Trinajstić information content (AvgIpc) is 2.36. The van der Waals surface area contributed by atoms with Crippen LogP contribution in [0.5, 0.6) is 0 Å². The van der Waals surface area contributed by atoms with Crippen LogP contribution < -0.4 is 11.3 Å². The van der Waals surface area contributed by atoms with E-state index in [1.54, 1.807) is 18.3 Å². The molecule has 92 valence electrons. The number of nitrogens with zero attached hydrogens (tertiary/aromatic N) is 1. The first-order valence-electron chi connectivity index (χ1n) is 5.62. The molecule has 1 aromatic rings. The molecule has 1 heterocycles. The fourth-order valence-electron chi connectivity index (χ4n) is 1.63. The topological polar surface area (TPSA) is 85.1 Å². The van der Waals surface area contributed by atoms with Gasteiger partial charge in [0.15, 0.2) is 5.78 Å². The Bertz CT molecular complexity index is 379. The van der Waals surface area contributed by atoms with Crippen molar-refractivity contribution in [2.75, 3.05) is 0 Å². The van der Waals surface area contributed by atoms with Gasteiger partial charge in [0.2, 0.25) is 5.91 Å². The number of carbonyl (C=O) groups excluding carboxylic acids is 2. The second-order valence-corrected chi connectivity index (χ2v) is 3.81. The Hall–Kier alpha value is -1.75. The van der Waals surface area contributed by atoms with Crippen molar-refractivity contribution in [2.24, 2.45) is 11.8 Å². The van der Waals surface area contributed by atoms with Gasteiger partial charge in [0, 0.05) is 18.3 Å². The SMILES string of the molecule is CCCC(C(=O)Cc1ccccn1)C(=O)NN. The number of carbonyl (C=O) groups is 2. The van der Waals surface area contributed by atoms with Crippen molar-refractivity contribution in [2.45, 2.75) is 26.2 Å². The second-order valence-electron chi connectivity index (χ2n) is 3.81. The molecule has 5 nitrogen and oxygen atoms in total. The molecular formula is C12H17N3O2. The lowest BCUT2D eigenvalue weighted by Gasteiger charge is -2.12. The van der Waals surface area contributed by atoms with E-state index in [1.165, 1.54) is 0 Å². The molecule has 0 aliphatic heterocycles. The van der Waals surface area contributed by atoms with E-state index in [0.717, 1.165) is 6.42 Å². The molecule has 0 bridgehead atoms. The fraction of sp³-hybridized carbons (Fsp3) is 0.417. The molecule has 17 heavy (non-hydrogen) atoms. The van der Waals surface area contributed by atoms with E-state index in [-0.39, 0.29) is 12.2 Å². The molecule has 0 radical (unpaired) electrons. The average molecular weight is 235 g/mol. The third-order valence-corrected chi connectivity index (χ3v) is 2.51. The van der Waals surface area contributed by atoms with Crippen LogP contribution in [0.2, 0.25) is 0 Å². The van der Waals surface area contributed by atoms with Gasteiger partial charge in [-0.15, -0.1) is 0 Å². The van der Waals surface area contributed by atoms with E-state index in [0.29, 0.717) is 12.1 Å². The highest BCUT2D eigenvalue weighted by Gasteiger charge is 2.25.